The zero-order chi connectivity index (χ0) is 20.9. The number of hydrogen-bond acceptors (Lipinski definition) is 6. The van der Waals surface area contributed by atoms with Crippen LogP contribution in [0, 0.1) is 5.92 Å². The molecule has 3 rings (SSSR count). The number of allylic oxidation sites excluding steroid dienone is 4. The van der Waals surface area contributed by atoms with Crippen LogP contribution in [-0.4, -0.2) is 46.1 Å². The van der Waals surface area contributed by atoms with Crippen LogP contribution in [0.2, 0.25) is 0 Å². The number of rotatable bonds is 1. The van der Waals surface area contributed by atoms with Crippen molar-refractivity contribution in [1.29, 1.82) is 0 Å². The standard InChI is InChI=1S/C22H31NO5S/c1-15-7-5-3-4-6-8-16(2)11-20(24)27-18-12-17(10-9-15)28-22(26,13-18)19-14-29-21(25)23-19/h3-4,8-10,15,17-19,26H,5-7,11-14H2,1-2H3,(H,23,25)/b4-3+,10-9-,16-8+/t15-,17-,18-,19+,22-/m1/s1. The van der Waals surface area contributed by atoms with Crippen LogP contribution in [0.1, 0.15) is 52.4 Å². The Kier molecular flexibility index (Phi) is 7.60. The maximum absolute atomic E-state index is 12.4. The Hall–Kier alpha value is -1.57. The van der Waals surface area contributed by atoms with Gasteiger partial charge in [0.15, 0.2) is 5.79 Å². The largest absolute Gasteiger partial charge is 0.462 e. The zero-order valence-electron chi connectivity index (χ0n) is 17.1. The van der Waals surface area contributed by atoms with Crippen LogP contribution in [-0.2, 0) is 14.3 Å². The molecule has 3 aliphatic heterocycles. The highest BCUT2D eigenvalue weighted by atomic mass is 32.2. The van der Waals surface area contributed by atoms with E-state index < -0.39 is 17.9 Å². The van der Waals surface area contributed by atoms with Gasteiger partial charge in [-0.25, -0.2) is 0 Å². The lowest BCUT2D eigenvalue weighted by Gasteiger charge is -2.42. The van der Waals surface area contributed by atoms with Gasteiger partial charge in [0, 0.05) is 18.6 Å². The van der Waals surface area contributed by atoms with E-state index in [0.717, 1.165) is 36.6 Å². The molecule has 2 bridgehead atoms. The van der Waals surface area contributed by atoms with Crippen molar-refractivity contribution in [2.45, 2.75) is 76.4 Å². The lowest BCUT2D eigenvalue weighted by molar-refractivity contribution is -0.273. The fourth-order valence-corrected chi connectivity index (χ4v) is 4.75. The number of ether oxygens (including phenoxy) is 2. The normalized spacial score (nSPS) is 41.0. The first-order chi connectivity index (χ1) is 13.8. The Balaban J connectivity index is 1.79. The first-order valence-corrected chi connectivity index (χ1v) is 11.3. The predicted molar refractivity (Wildman–Crippen MR) is 113 cm³/mol. The molecule has 2 saturated heterocycles. The Labute approximate surface area is 176 Å². The third-order valence-electron chi connectivity index (χ3n) is 5.52. The molecule has 7 heteroatoms. The molecule has 0 saturated carbocycles. The van der Waals surface area contributed by atoms with E-state index in [0.29, 0.717) is 18.1 Å². The number of carbonyl (C=O) groups is 2. The summed E-state index contributed by atoms with van der Waals surface area (Å²) in [6.07, 6.45) is 13.3. The van der Waals surface area contributed by atoms with Crippen molar-refractivity contribution in [3.8, 4) is 0 Å². The zero-order valence-corrected chi connectivity index (χ0v) is 18.0. The van der Waals surface area contributed by atoms with Gasteiger partial charge in [0.05, 0.1) is 18.6 Å². The molecule has 29 heavy (non-hydrogen) atoms. The monoisotopic (exact) mass is 421 g/mol. The molecular weight excluding hydrogens is 390 g/mol. The molecule has 0 unspecified atom stereocenters. The van der Waals surface area contributed by atoms with Gasteiger partial charge in [0.1, 0.15) is 6.10 Å². The molecular formula is C22H31NO5S. The van der Waals surface area contributed by atoms with E-state index in [1.807, 2.05) is 19.1 Å². The minimum absolute atomic E-state index is 0.148. The van der Waals surface area contributed by atoms with E-state index in [2.05, 4.69) is 30.5 Å². The van der Waals surface area contributed by atoms with Crippen LogP contribution in [0.25, 0.3) is 0 Å². The SMILES string of the molecule is C/C1=C\C/C=C/CC[C@@H](C)/C=C\[C@@H]2C[C@H](C[C@](O)([C@@H]3CSC(=O)N3)O2)OC(=O)C1. The number of carbonyl (C=O) groups excluding carboxylic acids is 2. The van der Waals surface area contributed by atoms with E-state index in [9.17, 15) is 14.7 Å². The van der Waals surface area contributed by atoms with Crippen LogP contribution in [0.15, 0.2) is 36.0 Å². The Morgan fingerprint density at radius 2 is 2.10 bits per heavy atom. The molecule has 6 nitrogen and oxygen atoms in total. The molecule has 5 atom stereocenters. The third kappa shape index (κ3) is 6.46. The van der Waals surface area contributed by atoms with Gasteiger partial charge in [-0.3, -0.25) is 9.59 Å². The molecule has 3 heterocycles. The molecule has 0 aromatic carbocycles. The fourth-order valence-electron chi connectivity index (χ4n) is 3.87. The second-order valence-electron chi connectivity index (χ2n) is 8.22. The second-order valence-corrected chi connectivity index (χ2v) is 9.21. The maximum atomic E-state index is 12.4. The van der Waals surface area contributed by atoms with Crippen molar-refractivity contribution in [1.82, 2.24) is 5.32 Å². The number of hydrogen-bond donors (Lipinski definition) is 2. The van der Waals surface area contributed by atoms with Crippen LogP contribution >= 0.6 is 11.8 Å². The summed E-state index contributed by atoms with van der Waals surface area (Å²) < 4.78 is 11.7. The van der Waals surface area contributed by atoms with E-state index in [4.69, 9.17) is 9.47 Å². The van der Waals surface area contributed by atoms with E-state index >= 15 is 0 Å². The van der Waals surface area contributed by atoms with Gasteiger partial charge in [-0.1, -0.05) is 54.6 Å². The minimum Gasteiger partial charge on any atom is -0.462 e. The lowest BCUT2D eigenvalue weighted by Crippen LogP contribution is -2.58. The number of amides is 1. The molecule has 2 fully saturated rings. The summed E-state index contributed by atoms with van der Waals surface area (Å²) >= 11 is 1.13. The number of fused-ring (bicyclic) bond motifs is 2. The summed E-state index contributed by atoms with van der Waals surface area (Å²) in [4.78, 5) is 24.1. The summed E-state index contributed by atoms with van der Waals surface area (Å²) in [5.41, 5.74) is 0.971. The average Bonchev–Trinajstić information content (AvgIpc) is 3.09. The van der Waals surface area contributed by atoms with E-state index in [1.165, 1.54) is 0 Å². The first-order valence-electron chi connectivity index (χ1n) is 10.4. The van der Waals surface area contributed by atoms with Gasteiger partial charge in [-0.05, 0) is 32.1 Å². The highest BCUT2D eigenvalue weighted by molar-refractivity contribution is 8.14. The molecule has 2 N–H and O–H groups in total. The van der Waals surface area contributed by atoms with Crippen molar-refractivity contribution in [2.24, 2.45) is 5.92 Å². The predicted octanol–water partition coefficient (Wildman–Crippen LogP) is 3.86. The number of esters is 1. The topological polar surface area (TPSA) is 84.9 Å². The van der Waals surface area contributed by atoms with Gasteiger partial charge in [-0.15, -0.1) is 0 Å². The number of thioether (sulfide) groups is 1. The van der Waals surface area contributed by atoms with E-state index in [-0.39, 0.29) is 30.2 Å². The molecule has 0 aliphatic carbocycles. The van der Waals surface area contributed by atoms with Gasteiger partial charge in [0.2, 0.25) is 0 Å². The van der Waals surface area contributed by atoms with E-state index in [1.54, 1.807) is 0 Å². The first kappa shape index (κ1) is 22.1. The molecule has 3 aliphatic rings. The molecule has 160 valence electrons. The highest BCUT2D eigenvalue weighted by Gasteiger charge is 2.49. The Morgan fingerprint density at radius 3 is 2.86 bits per heavy atom. The molecule has 0 radical (unpaired) electrons. The van der Waals surface area contributed by atoms with Crippen molar-refractivity contribution < 1.29 is 24.2 Å². The van der Waals surface area contributed by atoms with Crippen molar-refractivity contribution in [2.75, 3.05) is 5.75 Å². The maximum Gasteiger partial charge on any atom is 0.310 e. The summed E-state index contributed by atoms with van der Waals surface area (Å²) in [7, 11) is 0. The molecule has 1 amide bonds. The smallest absolute Gasteiger partial charge is 0.310 e. The van der Waals surface area contributed by atoms with Crippen LogP contribution in [0.5, 0.6) is 0 Å². The fraction of sp³-hybridized carbons (Fsp3) is 0.636. The Bertz CT molecular complexity index is 703. The van der Waals surface area contributed by atoms with Crippen molar-refractivity contribution in [3.05, 3.63) is 36.0 Å². The quantitative estimate of drug-likeness (QED) is 0.494. The van der Waals surface area contributed by atoms with Crippen LogP contribution in [0.3, 0.4) is 0 Å². The van der Waals surface area contributed by atoms with Crippen molar-refractivity contribution >= 4 is 23.0 Å². The summed E-state index contributed by atoms with van der Waals surface area (Å²) in [6.45, 7) is 4.08. The number of aliphatic hydroxyl groups is 1. The van der Waals surface area contributed by atoms with Gasteiger partial charge < -0.3 is 19.9 Å². The molecule has 0 spiro atoms. The second kappa shape index (κ2) is 9.96. The summed E-state index contributed by atoms with van der Waals surface area (Å²) in [6, 6.07) is -0.521. The summed E-state index contributed by atoms with van der Waals surface area (Å²) in [5, 5.41) is 13.8. The number of nitrogens with one attached hydrogen (secondary N) is 1. The Morgan fingerprint density at radius 1 is 1.28 bits per heavy atom. The van der Waals surface area contributed by atoms with Gasteiger partial charge in [-0.2, -0.15) is 0 Å². The minimum atomic E-state index is -1.56. The molecule has 0 aromatic heterocycles. The van der Waals surface area contributed by atoms with Crippen molar-refractivity contribution in [3.63, 3.8) is 0 Å². The van der Waals surface area contributed by atoms with Crippen LogP contribution in [0.4, 0.5) is 4.79 Å². The summed E-state index contributed by atoms with van der Waals surface area (Å²) in [5.74, 6) is -1.06. The highest BCUT2D eigenvalue weighted by Crippen LogP contribution is 2.36. The van der Waals surface area contributed by atoms with Gasteiger partial charge >= 0.3 is 5.97 Å². The average molecular weight is 422 g/mol. The third-order valence-corrected chi connectivity index (χ3v) is 6.40. The van der Waals surface area contributed by atoms with Crippen LogP contribution < -0.4 is 5.32 Å². The molecule has 0 aromatic rings. The lowest BCUT2D eigenvalue weighted by atomic mass is 9.92. The van der Waals surface area contributed by atoms with Gasteiger partial charge in [0.25, 0.3) is 5.24 Å².